The molecule has 0 aliphatic heterocycles. The zero-order valence-electron chi connectivity index (χ0n) is 9.06. The highest BCUT2D eigenvalue weighted by atomic mass is 16.3. The molecule has 0 unspecified atom stereocenters. The Morgan fingerprint density at radius 3 is 2.82 bits per heavy atom. The van der Waals surface area contributed by atoms with E-state index < -0.39 is 12.2 Å². The minimum absolute atomic E-state index is 0.253. The Morgan fingerprint density at radius 1 is 1.29 bits per heavy atom. The molecule has 2 aromatic heterocycles. The number of hydrogen-bond acceptors (Lipinski definition) is 6. The fourth-order valence-electron chi connectivity index (χ4n) is 2.33. The van der Waals surface area contributed by atoms with E-state index in [9.17, 15) is 10.2 Å². The smallest absolute Gasteiger partial charge is 0.163 e. The first kappa shape index (κ1) is 10.4. The third-order valence-electron chi connectivity index (χ3n) is 3.28. The average Bonchev–Trinajstić information content (AvgIpc) is 2.86. The quantitative estimate of drug-likeness (QED) is 0.612. The summed E-state index contributed by atoms with van der Waals surface area (Å²) in [5.41, 5.74) is 6.31. The predicted molar refractivity (Wildman–Crippen MR) is 60.0 cm³/mol. The zero-order valence-corrected chi connectivity index (χ0v) is 9.06. The molecule has 7 heteroatoms. The maximum atomic E-state index is 9.87. The van der Waals surface area contributed by atoms with Crippen molar-refractivity contribution in [3.8, 4) is 0 Å². The van der Waals surface area contributed by atoms with Crippen LogP contribution in [0.1, 0.15) is 18.9 Å². The number of aromatic nitrogens is 4. The lowest BCUT2D eigenvalue weighted by Crippen LogP contribution is -2.27. The van der Waals surface area contributed by atoms with Crippen molar-refractivity contribution in [2.75, 3.05) is 5.73 Å². The number of anilines is 1. The van der Waals surface area contributed by atoms with Gasteiger partial charge in [-0.15, -0.1) is 0 Å². The lowest BCUT2D eigenvalue weighted by Gasteiger charge is -2.17. The van der Waals surface area contributed by atoms with Gasteiger partial charge in [0.2, 0.25) is 0 Å². The van der Waals surface area contributed by atoms with Crippen LogP contribution in [-0.4, -0.2) is 42.2 Å². The summed E-state index contributed by atoms with van der Waals surface area (Å²) in [6, 6.07) is -0.253. The highest BCUT2D eigenvalue weighted by molar-refractivity contribution is 5.84. The topological polar surface area (TPSA) is 110 Å². The van der Waals surface area contributed by atoms with Crippen LogP contribution in [0.5, 0.6) is 0 Å². The van der Waals surface area contributed by atoms with Crippen molar-refractivity contribution < 1.29 is 10.2 Å². The monoisotopic (exact) mass is 235 g/mol. The summed E-state index contributed by atoms with van der Waals surface area (Å²) >= 11 is 0. The van der Waals surface area contributed by atoms with E-state index in [1.54, 1.807) is 10.9 Å². The molecule has 0 amide bonds. The van der Waals surface area contributed by atoms with Crippen LogP contribution in [0.15, 0.2) is 12.5 Å². The van der Waals surface area contributed by atoms with Gasteiger partial charge in [-0.05, 0) is 12.8 Å². The van der Waals surface area contributed by atoms with Gasteiger partial charge in [-0.1, -0.05) is 0 Å². The molecular formula is C10H13N5O2. The van der Waals surface area contributed by atoms with Crippen LogP contribution in [-0.2, 0) is 0 Å². The Kier molecular flexibility index (Phi) is 2.23. The number of fused-ring (bicyclic) bond motifs is 1. The second kappa shape index (κ2) is 3.64. The molecule has 7 nitrogen and oxygen atoms in total. The summed E-state index contributed by atoms with van der Waals surface area (Å²) in [4.78, 5) is 8.01. The van der Waals surface area contributed by atoms with E-state index in [-0.39, 0.29) is 6.04 Å². The summed E-state index contributed by atoms with van der Waals surface area (Å²) in [7, 11) is 0. The normalized spacial score (nSPS) is 28.9. The van der Waals surface area contributed by atoms with E-state index in [0.29, 0.717) is 29.7 Å². The molecule has 0 bridgehead atoms. The Balaban J connectivity index is 2.10. The Morgan fingerprint density at radius 2 is 2.12 bits per heavy atom. The first-order valence-corrected chi connectivity index (χ1v) is 5.48. The third-order valence-corrected chi connectivity index (χ3v) is 3.28. The van der Waals surface area contributed by atoms with E-state index in [2.05, 4.69) is 15.1 Å². The van der Waals surface area contributed by atoms with Gasteiger partial charge >= 0.3 is 0 Å². The number of nitrogens with zero attached hydrogens (tertiary/aromatic N) is 4. The molecule has 0 aromatic carbocycles. The summed E-state index contributed by atoms with van der Waals surface area (Å²) in [6.07, 6.45) is 2.68. The predicted octanol–water partition coefficient (Wildman–Crippen LogP) is -0.535. The van der Waals surface area contributed by atoms with Crippen molar-refractivity contribution >= 4 is 16.9 Å². The molecule has 0 spiro atoms. The highest BCUT2D eigenvalue weighted by Gasteiger charge is 2.36. The average molecular weight is 235 g/mol. The Hall–Kier alpha value is -1.73. The third kappa shape index (κ3) is 1.47. The minimum Gasteiger partial charge on any atom is -0.390 e. The number of hydrogen-bond donors (Lipinski definition) is 3. The maximum Gasteiger partial charge on any atom is 0.163 e. The fraction of sp³-hybridized carbons (Fsp3) is 0.500. The van der Waals surface area contributed by atoms with E-state index in [1.165, 1.54) is 6.33 Å². The van der Waals surface area contributed by atoms with Crippen molar-refractivity contribution in [3.63, 3.8) is 0 Å². The molecular weight excluding hydrogens is 222 g/mol. The van der Waals surface area contributed by atoms with Gasteiger partial charge in [0.1, 0.15) is 18.2 Å². The number of aliphatic hydroxyl groups is 2. The SMILES string of the molecule is Nc1ncnc2c1cnn2[C@H]1CC[C@H](O)[C@@H]1O. The van der Waals surface area contributed by atoms with Crippen LogP contribution in [0.3, 0.4) is 0 Å². The van der Waals surface area contributed by atoms with Gasteiger partial charge in [0.15, 0.2) is 5.65 Å². The highest BCUT2D eigenvalue weighted by Crippen LogP contribution is 2.32. The van der Waals surface area contributed by atoms with Crippen LogP contribution >= 0.6 is 0 Å². The first-order valence-electron chi connectivity index (χ1n) is 5.48. The van der Waals surface area contributed by atoms with Crippen molar-refractivity contribution in [3.05, 3.63) is 12.5 Å². The number of nitrogens with two attached hydrogens (primary N) is 1. The largest absolute Gasteiger partial charge is 0.390 e. The Bertz CT molecular complexity index is 555. The fourth-order valence-corrected chi connectivity index (χ4v) is 2.33. The number of rotatable bonds is 1. The van der Waals surface area contributed by atoms with Gasteiger partial charge in [-0.2, -0.15) is 5.10 Å². The van der Waals surface area contributed by atoms with Crippen LogP contribution < -0.4 is 5.73 Å². The van der Waals surface area contributed by atoms with Crippen LogP contribution in [0.4, 0.5) is 5.82 Å². The van der Waals surface area contributed by atoms with Crippen molar-refractivity contribution in [2.45, 2.75) is 31.1 Å². The molecule has 1 saturated carbocycles. The maximum absolute atomic E-state index is 9.87. The second-order valence-electron chi connectivity index (χ2n) is 4.29. The molecule has 2 aromatic rings. The van der Waals surface area contributed by atoms with Gasteiger partial charge in [-0.3, -0.25) is 0 Å². The van der Waals surface area contributed by atoms with Gasteiger partial charge in [0, 0.05) is 0 Å². The molecule has 2 heterocycles. The van der Waals surface area contributed by atoms with E-state index in [1.807, 2.05) is 0 Å². The molecule has 3 atom stereocenters. The summed E-state index contributed by atoms with van der Waals surface area (Å²) in [5.74, 6) is 0.370. The molecule has 4 N–H and O–H groups in total. The summed E-state index contributed by atoms with van der Waals surface area (Å²) in [5, 5.41) is 24.3. The first-order chi connectivity index (χ1) is 8.18. The van der Waals surface area contributed by atoms with Crippen molar-refractivity contribution in [1.82, 2.24) is 19.7 Å². The van der Waals surface area contributed by atoms with Crippen molar-refractivity contribution in [2.24, 2.45) is 0 Å². The van der Waals surface area contributed by atoms with E-state index >= 15 is 0 Å². The zero-order chi connectivity index (χ0) is 12.0. The second-order valence-corrected chi connectivity index (χ2v) is 4.29. The summed E-state index contributed by atoms with van der Waals surface area (Å²) in [6.45, 7) is 0. The van der Waals surface area contributed by atoms with E-state index in [0.717, 1.165) is 0 Å². The lowest BCUT2D eigenvalue weighted by atomic mass is 10.2. The van der Waals surface area contributed by atoms with Crippen molar-refractivity contribution in [1.29, 1.82) is 0 Å². The van der Waals surface area contributed by atoms with Crippen LogP contribution in [0.25, 0.3) is 11.0 Å². The molecule has 1 aliphatic carbocycles. The molecule has 1 fully saturated rings. The van der Waals surface area contributed by atoms with Gasteiger partial charge in [0.05, 0.1) is 23.7 Å². The van der Waals surface area contributed by atoms with Gasteiger partial charge in [-0.25, -0.2) is 14.6 Å². The van der Waals surface area contributed by atoms with Crippen LogP contribution in [0.2, 0.25) is 0 Å². The van der Waals surface area contributed by atoms with Crippen LogP contribution in [0, 0.1) is 0 Å². The minimum atomic E-state index is -0.811. The molecule has 1 aliphatic rings. The Labute approximate surface area is 96.9 Å². The van der Waals surface area contributed by atoms with Gasteiger partial charge in [0.25, 0.3) is 0 Å². The molecule has 17 heavy (non-hydrogen) atoms. The molecule has 90 valence electrons. The summed E-state index contributed by atoms with van der Waals surface area (Å²) < 4.78 is 1.62. The lowest BCUT2D eigenvalue weighted by molar-refractivity contribution is 0.0219. The number of aliphatic hydroxyl groups excluding tert-OH is 2. The number of nitrogen functional groups attached to an aromatic ring is 1. The standard InChI is InChI=1S/C10H13N5O2/c11-9-5-3-14-15(10(5)13-4-12-9)6-1-2-7(16)8(6)17/h3-4,6-8,16-17H,1-2H2,(H2,11,12,13)/t6-,7-,8+/m0/s1. The van der Waals surface area contributed by atoms with E-state index in [4.69, 9.17) is 5.73 Å². The molecule has 0 saturated heterocycles. The molecule has 0 radical (unpaired) electrons. The molecule has 3 rings (SSSR count). The van der Waals surface area contributed by atoms with Gasteiger partial charge < -0.3 is 15.9 Å².